The molecular weight excluding hydrogens is 340 g/mol. The van der Waals surface area contributed by atoms with Gasteiger partial charge >= 0.3 is 5.97 Å². The van der Waals surface area contributed by atoms with Crippen LogP contribution in [-0.4, -0.2) is 34.4 Å². The minimum Gasteiger partial charge on any atom is -0.493 e. The SMILES string of the molecule is COC(=O)C1=C(C)OC(N)=C(C#N)[C@@H]1c1cc(OC)c(OC)c(OC)c1. The van der Waals surface area contributed by atoms with E-state index in [2.05, 4.69) is 0 Å². The van der Waals surface area contributed by atoms with E-state index in [1.165, 1.54) is 28.4 Å². The Hall–Kier alpha value is -3.34. The monoisotopic (exact) mass is 360 g/mol. The minimum atomic E-state index is -0.796. The van der Waals surface area contributed by atoms with Gasteiger partial charge in [-0.2, -0.15) is 5.26 Å². The van der Waals surface area contributed by atoms with Crippen LogP contribution in [0.1, 0.15) is 18.4 Å². The van der Waals surface area contributed by atoms with Gasteiger partial charge in [0.25, 0.3) is 0 Å². The lowest BCUT2D eigenvalue weighted by Gasteiger charge is -2.27. The van der Waals surface area contributed by atoms with Crippen molar-refractivity contribution in [2.24, 2.45) is 5.73 Å². The zero-order valence-electron chi connectivity index (χ0n) is 15.2. The summed E-state index contributed by atoms with van der Waals surface area (Å²) in [5.74, 6) is -0.0846. The van der Waals surface area contributed by atoms with Gasteiger partial charge in [-0.25, -0.2) is 4.79 Å². The first-order valence-corrected chi connectivity index (χ1v) is 7.59. The molecule has 0 spiro atoms. The van der Waals surface area contributed by atoms with Crippen LogP contribution in [0.4, 0.5) is 0 Å². The highest BCUT2D eigenvalue weighted by atomic mass is 16.5. The van der Waals surface area contributed by atoms with Gasteiger partial charge in [-0.15, -0.1) is 0 Å². The van der Waals surface area contributed by atoms with Crippen LogP contribution in [-0.2, 0) is 14.3 Å². The first-order valence-electron chi connectivity index (χ1n) is 7.59. The third-order valence-electron chi connectivity index (χ3n) is 4.03. The van der Waals surface area contributed by atoms with E-state index in [4.69, 9.17) is 29.4 Å². The van der Waals surface area contributed by atoms with Crippen molar-refractivity contribution < 1.29 is 28.5 Å². The fourth-order valence-electron chi connectivity index (χ4n) is 2.86. The first kappa shape index (κ1) is 19.0. The molecule has 26 heavy (non-hydrogen) atoms. The number of benzene rings is 1. The molecule has 0 radical (unpaired) electrons. The predicted molar refractivity (Wildman–Crippen MR) is 91.5 cm³/mol. The van der Waals surface area contributed by atoms with Gasteiger partial charge in [0.05, 0.1) is 39.9 Å². The fourth-order valence-corrected chi connectivity index (χ4v) is 2.86. The van der Waals surface area contributed by atoms with Crippen molar-refractivity contribution in [1.29, 1.82) is 5.26 Å². The van der Waals surface area contributed by atoms with E-state index in [0.717, 1.165) is 0 Å². The van der Waals surface area contributed by atoms with Gasteiger partial charge in [-0.3, -0.25) is 0 Å². The molecule has 1 atom stereocenters. The van der Waals surface area contributed by atoms with Crippen LogP contribution in [0.5, 0.6) is 17.2 Å². The summed E-state index contributed by atoms with van der Waals surface area (Å²) >= 11 is 0. The Morgan fingerprint density at radius 2 is 1.73 bits per heavy atom. The summed E-state index contributed by atoms with van der Waals surface area (Å²) in [6, 6.07) is 5.31. The molecule has 0 fully saturated rings. The number of ether oxygens (including phenoxy) is 5. The minimum absolute atomic E-state index is 0.0728. The number of allylic oxidation sites excluding steroid dienone is 2. The maximum Gasteiger partial charge on any atom is 0.338 e. The van der Waals surface area contributed by atoms with Crippen LogP contribution < -0.4 is 19.9 Å². The molecular formula is C18H20N2O6. The summed E-state index contributed by atoms with van der Waals surface area (Å²) in [7, 11) is 5.69. The summed E-state index contributed by atoms with van der Waals surface area (Å²) in [6.07, 6.45) is 0. The Bertz CT molecular complexity index is 810. The van der Waals surface area contributed by atoms with Crippen molar-refractivity contribution >= 4 is 5.97 Å². The molecule has 1 aliphatic heterocycles. The van der Waals surface area contributed by atoms with E-state index in [-0.39, 0.29) is 22.8 Å². The molecule has 8 heteroatoms. The molecule has 1 heterocycles. The summed E-state index contributed by atoms with van der Waals surface area (Å²) in [6.45, 7) is 1.58. The zero-order chi connectivity index (χ0) is 19.4. The van der Waals surface area contributed by atoms with Crippen LogP contribution in [0.2, 0.25) is 0 Å². The fraction of sp³-hybridized carbons (Fsp3) is 0.333. The van der Waals surface area contributed by atoms with E-state index < -0.39 is 11.9 Å². The van der Waals surface area contributed by atoms with Gasteiger partial charge in [-0.05, 0) is 24.6 Å². The number of methoxy groups -OCH3 is 4. The van der Waals surface area contributed by atoms with Crippen molar-refractivity contribution in [3.05, 3.63) is 40.5 Å². The van der Waals surface area contributed by atoms with Gasteiger partial charge in [0.2, 0.25) is 11.6 Å². The summed E-state index contributed by atoms with van der Waals surface area (Å²) in [5, 5.41) is 9.58. The Labute approximate surface area is 151 Å². The lowest BCUT2D eigenvalue weighted by atomic mass is 9.83. The largest absolute Gasteiger partial charge is 0.493 e. The second-order valence-electron chi connectivity index (χ2n) is 5.34. The summed E-state index contributed by atoms with van der Waals surface area (Å²) in [4.78, 5) is 12.3. The molecule has 2 rings (SSSR count). The molecule has 1 aliphatic rings. The lowest BCUT2D eigenvalue weighted by Crippen LogP contribution is -2.25. The number of carbonyl (C=O) groups excluding carboxylic acids is 1. The highest BCUT2D eigenvalue weighted by Gasteiger charge is 2.37. The number of esters is 1. The number of hydrogen-bond acceptors (Lipinski definition) is 8. The molecule has 0 saturated carbocycles. The Morgan fingerprint density at radius 3 is 2.15 bits per heavy atom. The molecule has 8 nitrogen and oxygen atoms in total. The standard InChI is InChI=1S/C18H20N2O6/c1-9-14(18(21)25-5)15(11(8-19)17(20)26-9)10-6-12(22-2)16(24-4)13(7-10)23-3/h6-7,15H,20H2,1-5H3/t15-/m0/s1. The van der Waals surface area contributed by atoms with Crippen molar-refractivity contribution in [2.75, 3.05) is 28.4 Å². The lowest BCUT2D eigenvalue weighted by molar-refractivity contribution is -0.136. The van der Waals surface area contributed by atoms with Crippen LogP contribution in [0, 0.1) is 11.3 Å². The number of hydrogen-bond donors (Lipinski definition) is 1. The Kier molecular flexibility index (Phi) is 5.62. The average Bonchev–Trinajstić information content (AvgIpc) is 2.65. The van der Waals surface area contributed by atoms with Crippen LogP contribution in [0.25, 0.3) is 0 Å². The third kappa shape index (κ3) is 3.11. The molecule has 138 valence electrons. The van der Waals surface area contributed by atoms with Gasteiger partial charge in [0, 0.05) is 0 Å². The zero-order valence-corrected chi connectivity index (χ0v) is 15.2. The van der Waals surface area contributed by atoms with Crippen molar-refractivity contribution in [2.45, 2.75) is 12.8 Å². The van der Waals surface area contributed by atoms with E-state index in [9.17, 15) is 10.1 Å². The molecule has 0 unspecified atom stereocenters. The molecule has 2 N–H and O–H groups in total. The van der Waals surface area contributed by atoms with Crippen molar-refractivity contribution in [3.8, 4) is 23.3 Å². The van der Waals surface area contributed by atoms with Gasteiger partial charge in [0.15, 0.2) is 11.5 Å². The predicted octanol–water partition coefficient (Wildman–Crippen LogP) is 1.97. The number of rotatable bonds is 5. The maximum absolute atomic E-state index is 12.3. The van der Waals surface area contributed by atoms with Crippen LogP contribution in [0.15, 0.2) is 34.9 Å². The molecule has 0 aliphatic carbocycles. The van der Waals surface area contributed by atoms with Crippen molar-refractivity contribution in [1.82, 2.24) is 0 Å². The first-order chi connectivity index (χ1) is 12.4. The van der Waals surface area contributed by atoms with E-state index in [1.54, 1.807) is 19.1 Å². The van der Waals surface area contributed by atoms with Crippen LogP contribution >= 0.6 is 0 Å². The number of nitriles is 1. The number of nitrogens with zero attached hydrogens (tertiary/aromatic N) is 1. The molecule has 1 aromatic carbocycles. The Morgan fingerprint density at radius 1 is 1.15 bits per heavy atom. The topological polar surface area (TPSA) is 113 Å². The molecule has 0 saturated heterocycles. The quantitative estimate of drug-likeness (QED) is 0.793. The smallest absolute Gasteiger partial charge is 0.338 e. The summed E-state index contributed by atoms with van der Waals surface area (Å²) < 4.78 is 26.2. The number of carbonyl (C=O) groups is 1. The van der Waals surface area contributed by atoms with Crippen molar-refractivity contribution in [3.63, 3.8) is 0 Å². The average molecular weight is 360 g/mol. The van der Waals surface area contributed by atoms with Gasteiger partial charge < -0.3 is 29.4 Å². The van der Waals surface area contributed by atoms with E-state index in [0.29, 0.717) is 22.8 Å². The third-order valence-corrected chi connectivity index (χ3v) is 4.03. The highest BCUT2D eigenvalue weighted by molar-refractivity contribution is 5.92. The summed E-state index contributed by atoms with van der Waals surface area (Å²) in [5.41, 5.74) is 6.68. The number of nitrogens with two attached hydrogens (primary N) is 1. The molecule has 1 aromatic rings. The second-order valence-corrected chi connectivity index (χ2v) is 5.34. The normalized spacial score (nSPS) is 16.5. The van der Waals surface area contributed by atoms with Gasteiger partial charge in [-0.1, -0.05) is 0 Å². The Balaban J connectivity index is 2.77. The molecule has 0 aromatic heterocycles. The highest BCUT2D eigenvalue weighted by Crippen LogP contribution is 2.45. The van der Waals surface area contributed by atoms with E-state index in [1.807, 2.05) is 6.07 Å². The molecule has 0 amide bonds. The molecule has 0 bridgehead atoms. The second kappa shape index (κ2) is 7.70. The maximum atomic E-state index is 12.3. The van der Waals surface area contributed by atoms with Crippen LogP contribution in [0.3, 0.4) is 0 Å². The van der Waals surface area contributed by atoms with Gasteiger partial charge in [0.1, 0.15) is 17.4 Å². The van der Waals surface area contributed by atoms with E-state index >= 15 is 0 Å².